The van der Waals surface area contributed by atoms with Crippen LogP contribution in [0.25, 0.3) is 32.8 Å². The highest BCUT2D eigenvalue weighted by Crippen LogP contribution is 2.28. The van der Waals surface area contributed by atoms with Gasteiger partial charge in [-0.05, 0) is 48.5 Å². The second-order valence-corrected chi connectivity index (χ2v) is 7.98. The van der Waals surface area contributed by atoms with Crippen molar-refractivity contribution in [2.75, 3.05) is 5.32 Å². The molecule has 0 aliphatic carbocycles. The van der Waals surface area contributed by atoms with Gasteiger partial charge in [-0.25, -0.2) is 9.97 Å². The predicted molar refractivity (Wildman–Crippen MR) is 128 cm³/mol. The Bertz CT molecular complexity index is 1720. The number of fused-ring (bicyclic) bond motifs is 2. The number of anilines is 2. The molecule has 9 heteroatoms. The monoisotopic (exact) mass is 452 g/mol. The number of imidazole rings is 1. The van der Waals surface area contributed by atoms with Crippen LogP contribution in [-0.2, 0) is 17.5 Å². The van der Waals surface area contributed by atoms with E-state index < -0.39 is 10.5 Å². The molecule has 3 aromatic heterocycles. The number of benzene rings is 4. The summed E-state index contributed by atoms with van der Waals surface area (Å²) in [4.78, 5) is 8.75. The number of pyridine rings is 1. The van der Waals surface area contributed by atoms with Crippen LogP contribution in [0.15, 0.2) is 77.2 Å². The molecule has 0 spiro atoms. The molecule has 7 rings (SSSR count). The average molecular weight is 452 g/mol. The van der Waals surface area contributed by atoms with Gasteiger partial charge < -0.3 is 9.88 Å². The fraction of sp³-hybridized carbons (Fsp3) is 0.0417. The Balaban J connectivity index is 0.000000186. The van der Waals surface area contributed by atoms with E-state index in [1.165, 1.54) is 16.3 Å². The molecule has 0 saturated heterocycles. The SMILES string of the molecule is Cn1c(Nc2ccc(C#N)cc2)nc2cc(N=S(=O)=O)ccc21.c1cc2ccc3c(c1)c2N=3. The Labute approximate surface area is 190 Å². The first kappa shape index (κ1) is 20.4. The van der Waals surface area contributed by atoms with Crippen molar-refractivity contribution >= 4 is 60.7 Å². The molecule has 0 unspecified atom stereocenters. The Morgan fingerprint density at radius 3 is 2.45 bits per heavy atom. The molecule has 4 bridgehead atoms. The molecular formula is C24H16N6O2S. The van der Waals surface area contributed by atoms with Gasteiger partial charge in [0.2, 0.25) is 5.95 Å². The number of nitriles is 1. The van der Waals surface area contributed by atoms with Gasteiger partial charge in [0.05, 0.1) is 39.4 Å². The lowest BCUT2D eigenvalue weighted by Crippen LogP contribution is -1.98. The normalized spacial score (nSPS) is 10.8. The van der Waals surface area contributed by atoms with Gasteiger partial charge in [0.15, 0.2) is 0 Å². The molecule has 0 fully saturated rings. The van der Waals surface area contributed by atoms with Crippen molar-refractivity contribution in [3.8, 4) is 6.07 Å². The Morgan fingerprint density at radius 2 is 1.79 bits per heavy atom. The van der Waals surface area contributed by atoms with Gasteiger partial charge in [0, 0.05) is 23.5 Å². The van der Waals surface area contributed by atoms with Crippen LogP contribution in [0.2, 0.25) is 0 Å². The van der Waals surface area contributed by atoms with Gasteiger partial charge in [-0.1, -0.05) is 24.3 Å². The summed E-state index contributed by atoms with van der Waals surface area (Å²) in [5, 5.41) is 14.5. The number of nitrogens with one attached hydrogen (secondary N) is 1. The minimum absolute atomic E-state index is 0.328. The minimum Gasteiger partial charge on any atom is -0.326 e. The Kier molecular flexibility index (Phi) is 5.05. The van der Waals surface area contributed by atoms with Crippen molar-refractivity contribution in [3.63, 3.8) is 0 Å². The van der Waals surface area contributed by atoms with E-state index in [9.17, 15) is 8.42 Å². The molecule has 0 aliphatic rings. The van der Waals surface area contributed by atoms with Crippen LogP contribution in [0.5, 0.6) is 0 Å². The number of hydrogen-bond acceptors (Lipinski definition) is 7. The summed E-state index contributed by atoms with van der Waals surface area (Å²) in [5.41, 5.74) is 5.51. The van der Waals surface area contributed by atoms with E-state index in [1.54, 1.807) is 42.5 Å². The molecule has 0 saturated carbocycles. The molecule has 3 heterocycles. The molecule has 33 heavy (non-hydrogen) atoms. The van der Waals surface area contributed by atoms with Gasteiger partial charge in [0.1, 0.15) is 0 Å². The van der Waals surface area contributed by atoms with E-state index in [-0.39, 0.29) is 0 Å². The molecule has 1 N–H and O–H groups in total. The predicted octanol–water partition coefficient (Wildman–Crippen LogP) is 5.15. The summed E-state index contributed by atoms with van der Waals surface area (Å²) in [6, 6.07) is 24.5. The van der Waals surface area contributed by atoms with Crippen LogP contribution < -0.4 is 5.32 Å². The lowest BCUT2D eigenvalue weighted by atomic mass is 10.1. The van der Waals surface area contributed by atoms with Gasteiger partial charge >= 0.3 is 10.5 Å². The first-order chi connectivity index (χ1) is 16.0. The lowest BCUT2D eigenvalue weighted by molar-refractivity contribution is 0.622. The van der Waals surface area contributed by atoms with E-state index in [0.717, 1.165) is 16.7 Å². The molecule has 4 aromatic carbocycles. The van der Waals surface area contributed by atoms with Crippen LogP contribution in [0.1, 0.15) is 5.56 Å². The number of para-hydroxylation sites is 1. The van der Waals surface area contributed by atoms with Crippen LogP contribution in [-0.4, -0.2) is 23.0 Å². The van der Waals surface area contributed by atoms with Crippen LogP contribution in [0, 0.1) is 11.3 Å². The fourth-order valence-corrected chi connectivity index (χ4v) is 3.94. The third-order valence-corrected chi connectivity index (χ3v) is 5.67. The molecule has 0 aliphatic heterocycles. The largest absolute Gasteiger partial charge is 0.326 e. The van der Waals surface area contributed by atoms with Crippen LogP contribution in [0.4, 0.5) is 17.3 Å². The summed E-state index contributed by atoms with van der Waals surface area (Å²) >= 11 is 0. The van der Waals surface area contributed by atoms with Crippen molar-refractivity contribution in [1.29, 1.82) is 5.26 Å². The van der Waals surface area contributed by atoms with Crippen molar-refractivity contribution in [2.45, 2.75) is 0 Å². The van der Waals surface area contributed by atoms with E-state index in [4.69, 9.17) is 5.26 Å². The van der Waals surface area contributed by atoms with Crippen molar-refractivity contribution in [1.82, 2.24) is 14.5 Å². The summed E-state index contributed by atoms with van der Waals surface area (Å²) in [6.45, 7) is 0. The average Bonchev–Trinajstić information content (AvgIpc) is 3.11. The molecule has 8 nitrogen and oxygen atoms in total. The summed E-state index contributed by atoms with van der Waals surface area (Å²) in [7, 11) is -0.643. The number of rotatable bonds is 3. The standard InChI is InChI=1S/C15H11N5O2S.C9H5N/c1-20-14-7-6-12(19-23(21)22)8-13(14)18-15(20)17-11-4-2-10(9-16)3-5-11;1-2-6-4-5-8-7(3-1)9(6)10-8/h2-8H,1H3,(H,17,18);1-5H. The second kappa shape index (κ2) is 8.18. The van der Waals surface area contributed by atoms with Gasteiger partial charge in [0.25, 0.3) is 0 Å². The maximum atomic E-state index is 10.6. The van der Waals surface area contributed by atoms with Crippen molar-refractivity contribution < 1.29 is 8.42 Å². The summed E-state index contributed by atoms with van der Waals surface area (Å²) < 4.78 is 26.6. The highest BCUT2D eigenvalue weighted by Gasteiger charge is 2.09. The second-order valence-electron chi connectivity index (χ2n) is 7.36. The smallest absolute Gasteiger partial charge is 0.316 e. The Hall–Kier alpha value is -4.55. The number of aromatic nitrogens is 3. The molecule has 0 radical (unpaired) electrons. The van der Waals surface area contributed by atoms with Gasteiger partial charge in [-0.3, -0.25) is 0 Å². The summed E-state index contributed by atoms with van der Waals surface area (Å²) in [5.74, 6) is 0.602. The summed E-state index contributed by atoms with van der Waals surface area (Å²) in [6.07, 6.45) is 0. The maximum Gasteiger partial charge on any atom is 0.316 e. The number of nitrogens with zero attached hydrogens (tertiary/aromatic N) is 5. The van der Waals surface area contributed by atoms with Crippen molar-refractivity contribution in [3.05, 3.63) is 78.4 Å². The third kappa shape index (κ3) is 3.91. The lowest BCUT2D eigenvalue weighted by Gasteiger charge is -2.07. The maximum absolute atomic E-state index is 10.6. The van der Waals surface area contributed by atoms with Gasteiger partial charge in [-0.2, -0.15) is 13.7 Å². The van der Waals surface area contributed by atoms with E-state index in [1.807, 2.05) is 11.6 Å². The van der Waals surface area contributed by atoms with Crippen LogP contribution in [0.3, 0.4) is 0 Å². The highest BCUT2D eigenvalue weighted by atomic mass is 32.2. The quantitative estimate of drug-likeness (QED) is 0.397. The zero-order valence-corrected chi connectivity index (χ0v) is 18.2. The van der Waals surface area contributed by atoms with E-state index in [2.05, 4.69) is 56.0 Å². The first-order valence-electron chi connectivity index (χ1n) is 9.97. The molecule has 7 aromatic rings. The molecule has 160 valence electrons. The van der Waals surface area contributed by atoms with E-state index >= 15 is 0 Å². The number of hydrogen-bond donors (Lipinski definition) is 1. The highest BCUT2D eigenvalue weighted by molar-refractivity contribution is 7.61. The molecule has 0 atom stereocenters. The van der Waals surface area contributed by atoms with Gasteiger partial charge in [-0.15, -0.1) is 4.36 Å². The fourth-order valence-electron chi connectivity index (χ4n) is 3.65. The zero-order valence-electron chi connectivity index (χ0n) is 17.4. The van der Waals surface area contributed by atoms with Crippen LogP contribution >= 0.6 is 0 Å². The number of aryl methyl sites for hydroxylation is 1. The zero-order chi connectivity index (χ0) is 22.9. The molecule has 0 amide bonds. The van der Waals surface area contributed by atoms with Crippen molar-refractivity contribution in [2.24, 2.45) is 11.4 Å². The Morgan fingerprint density at radius 1 is 0.970 bits per heavy atom. The first-order valence-corrected chi connectivity index (χ1v) is 11.0. The van der Waals surface area contributed by atoms with E-state index in [0.29, 0.717) is 22.7 Å². The minimum atomic E-state index is -2.49. The molecular weight excluding hydrogens is 436 g/mol. The third-order valence-electron chi connectivity index (χ3n) is 5.31. The topological polar surface area (TPSA) is 113 Å².